The molecule has 0 aliphatic carbocycles. The van der Waals surface area contributed by atoms with Gasteiger partial charge >= 0.3 is 12.1 Å². The predicted octanol–water partition coefficient (Wildman–Crippen LogP) is 3.75. The largest absolute Gasteiger partial charge is 0.449 e. The highest BCUT2D eigenvalue weighted by Gasteiger charge is 2.30. The minimum atomic E-state index is -4.46. The molecule has 0 saturated heterocycles. The number of anilines is 1. The molecule has 9 heteroatoms. The molecule has 0 spiro atoms. The summed E-state index contributed by atoms with van der Waals surface area (Å²) in [5.41, 5.74) is -0.0872. The van der Waals surface area contributed by atoms with E-state index >= 15 is 0 Å². The summed E-state index contributed by atoms with van der Waals surface area (Å²) in [7, 11) is 0. The fourth-order valence-electron chi connectivity index (χ4n) is 2.18. The summed E-state index contributed by atoms with van der Waals surface area (Å²) in [6.45, 7) is 4.69. The molecule has 1 atom stereocenters. The summed E-state index contributed by atoms with van der Waals surface area (Å²) < 4.78 is 47.6. The van der Waals surface area contributed by atoms with E-state index in [1.54, 1.807) is 13.8 Å². The van der Waals surface area contributed by atoms with Gasteiger partial charge in [-0.05, 0) is 44.5 Å². The van der Waals surface area contributed by atoms with Crippen LogP contribution in [0.1, 0.15) is 41.2 Å². The maximum atomic E-state index is 12.5. The van der Waals surface area contributed by atoms with E-state index in [4.69, 9.17) is 9.26 Å². The van der Waals surface area contributed by atoms with Gasteiger partial charge in [0, 0.05) is 5.69 Å². The molecule has 0 saturated carbocycles. The van der Waals surface area contributed by atoms with Crippen molar-refractivity contribution in [2.24, 2.45) is 0 Å². The number of benzene rings is 1. The highest BCUT2D eigenvalue weighted by molar-refractivity contribution is 5.98. The third-order valence-electron chi connectivity index (χ3n) is 3.61. The van der Waals surface area contributed by atoms with Crippen LogP contribution in [-0.2, 0) is 22.1 Å². The molecule has 1 amide bonds. The van der Waals surface area contributed by atoms with Crippen molar-refractivity contribution in [2.75, 3.05) is 5.32 Å². The zero-order chi connectivity index (χ0) is 19.5. The molecule has 0 aliphatic rings. The van der Waals surface area contributed by atoms with E-state index in [9.17, 15) is 22.8 Å². The second-order valence-electron chi connectivity index (χ2n) is 5.53. The monoisotopic (exact) mass is 370 g/mol. The van der Waals surface area contributed by atoms with Gasteiger partial charge in [-0.1, -0.05) is 12.1 Å². The number of aromatic nitrogens is 1. The van der Waals surface area contributed by atoms with Gasteiger partial charge in [0.1, 0.15) is 11.3 Å². The Morgan fingerprint density at radius 1 is 1.27 bits per heavy atom. The van der Waals surface area contributed by atoms with Crippen molar-refractivity contribution in [3.05, 3.63) is 46.8 Å². The van der Waals surface area contributed by atoms with E-state index in [-0.39, 0.29) is 17.0 Å². The van der Waals surface area contributed by atoms with Crippen molar-refractivity contribution in [3.8, 4) is 0 Å². The molecule has 0 fully saturated rings. The Morgan fingerprint density at radius 3 is 2.42 bits per heavy atom. The third kappa shape index (κ3) is 4.41. The Hall–Kier alpha value is -2.84. The summed E-state index contributed by atoms with van der Waals surface area (Å²) in [4.78, 5) is 24.3. The number of hydrogen-bond acceptors (Lipinski definition) is 5. The number of carbonyl (C=O) groups excluding carboxylic acids is 2. The van der Waals surface area contributed by atoms with E-state index < -0.39 is 29.7 Å². The number of hydrogen-bond donors (Lipinski definition) is 1. The van der Waals surface area contributed by atoms with Crippen molar-refractivity contribution in [2.45, 2.75) is 39.5 Å². The first-order chi connectivity index (χ1) is 12.1. The molecule has 2 rings (SSSR count). The number of esters is 1. The zero-order valence-corrected chi connectivity index (χ0v) is 14.3. The molecule has 6 nitrogen and oxygen atoms in total. The fraction of sp³-hybridized carbons (Fsp3) is 0.353. The van der Waals surface area contributed by atoms with Crippen molar-refractivity contribution in [1.82, 2.24) is 5.16 Å². The van der Waals surface area contributed by atoms with Crippen molar-refractivity contribution >= 4 is 17.6 Å². The maximum absolute atomic E-state index is 12.5. The number of nitrogens with zero attached hydrogens (tertiary/aromatic N) is 1. The van der Waals surface area contributed by atoms with Crippen LogP contribution in [0.15, 0.2) is 28.8 Å². The normalized spacial score (nSPS) is 12.5. The Kier molecular flexibility index (Phi) is 5.69. The molecule has 1 N–H and O–H groups in total. The van der Waals surface area contributed by atoms with Crippen LogP contribution in [0, 0.1) is 6.92 Å². The Morgan fingerprint density at radius 2 is 1.88 bits per heavy atom. The predicted molar refractivity (Wildman–Crippen MR) is 85.6 cm³/mol. The van der Waals surface area contributed by atoms with Crippen LogP contribution < -0.4 is 5.32 Å². The molecule has 26 heavy (non-hydrogen) atoms. The Bertz CT molecular complexity index is 797. The summed E-state index contributed by atoms with van der Waals surface area (Å²) >= 11 is 0. The SMILES string of the molecule is CCc1noc(C)c1C(=O)OC(C)C(=O)Nc1ccc(C(F)(F)F)cc1. The van der Waals surface area contributed by atoms with Crippen LogP contribution in [0.3, 0.4) is 0 Å². The van der Waals surface area contributed by atoms with E-state index in [0.717, 1.165) is 24.3 Å². The van der Waals surface area contributed by atoms with Gasteiger partial charge in [0.25, 0.3) is 5.91 Å². The molecule has 0 radical (unpaired) electrons. The summed E-state index contributed by atoms with van der Waals surface area (Å²) in [6.07, 6.45) is -5.17. The first kappa shape index (κ1) is 19.5. The molecule has 0 aliphatic heterocycles. The van der Waals surface area contributed by atoms with Crippen molar-refractivity contribution < 1.29 is 32.0 Å². The first-order valence-electron chi connectivity index (χ1n) is 7.77. The Labute approximate surface area is 147 Å². The number of nitrogens with one attached hydrogen (secondary N) is 1. The van der Waals surface area contributed by atoms with Crippen LogP contribution in [0.5, 0.6) is 0 Å². The summed E-state index contributed by atoms with van der Waals surface area (Å²) in [5.74, 6) is -1.15. The molecule has 1 aromatic heterocycles. The van der Waals surface area contributed by atoms with Gasteiger partial charge in [0.15, 0.2) is 6.10 Å². The average Bonchev–Trinajstić information content (AvgIpc) is 2.95. The number of alkyl halides is 3. The van der Waals surface area contributed by atoms with Crippen molar-refractivity contribution in [3.63, 3.8) is 0 Å². The molecular formula is C17H17F3N2O4. The van der Waals surface area contributed by atoms with Gasteiger partial charge in [-0.3, -0.25) is 4.79 Å². The van der Waals surface area contributed by atoms with E-state index in [1.807, 2.05) is 0 Å². The lowest BCUT2D eigenvalue weighted by atomic mass is 10.1. The van der Waals surface area contributed by atoms with Crippen LogP contribution >= 0.6 is 0 Å². The quantitative estimate of drug-likeness (QED) is 0.811. The lowest BCUT2D eigenvalue weighted by Crippen LogP contribution is -2.30. The van der Waals surface area contributed by atoms with Crippen LogP contribution in [0.2, 0.25) is 0 Å². The topological polar surface area (TPSA) is 81.4 Å². The maximum Gasteiger partial charge on any atom is 0.416 e. The summed E-state index contributed by atoms with van der Waals surface area (Å²) in [5, 5.41) is 6.13. The first-order valence-corrected chi connectivity index (χ1v) is 7.77. The molecular weight excluding hydrogens is 353 g/mol. The zero-order valence-electron chi connectivity index (χ0n) is 14.3. The van der Waals surface area contributed by atoms with E-state index in [2.05, 4.69) is 10.5 Å². The number of carbonyl (C=O) groups is 2. The van der Waals surface area contributed by atoms with Gasteiger partial charge in [-0.25, -0.2) is 4.79 Å². The standard InChI is InChI=1S/C17H17F3N2O4/c1-4-13-14(9(2)26-22-13)16(24)25-10(3)15(23)21-12-7-5-11(6-8-12)17(18,19)20/h5-8,10H,4H2,1-3H3,(H,21,23). The van der Waals surface area contributed by atoms with Crippen LogP contribution in [0.4, 0.5) is 18.9 Å². The number of aryl methyl sites for hydroxylation is 2. The average molecular weight is 370 g/mol. The molecule has 2 aromatic rings. The molecule has 1 heterocycles. The van der Waals surface area contributed by atoms with Gasteiger partial charge in [0.2, 0.25) is 0 Å². The third-order valence-corrected chi connectivity index (χ3v) is 3.61. The van der Waals surface area contributed by atoms with Crippen LogP contribution in [-0.4, -0.2) is 23.1 Å². The highest BCUT2D eigenvalue weighted by Crippen LogP contribution is 2.29. The number of ether oxygens (including phenoxy) is 1. The van der Waals surface area contributed by atoms with Gasteiger partial charge in [-0.15, -0.1) is 0 Å². The van der Waals surface area contributed by atoms with Gasteiger partial charge < -0.3 is 14.6 Å². The smallest absolute Gasteiger partial charge is 0.416 e. The van der Waals surface area contributed by atoms with Crippen molar-refractivity contribution in [1.29, 1.82) is 0 Å². The number of amides is 1. The second kappa shape index (κ2) is 7.59. The fourth-order valence-corrected chi connectivity index (χ4v) is 2.18. The number of halogens is 3. The highest BCUT2D eigenvalue weighted by atomic mass is 19.4. The lowest BCUT2D eigenvalue weighted by molar-refractivity contribution is -0.137. The second-order valence-corrected chi connectivity index (χ2v) is 5.53. The molecule has 1 unspecified atom stereocenters. The minimum Gasteiger partial charge on any atom is -0.449 e. The molecule has 1 aromatic carbocycles. The van der Waals surface area contributed by atoms with Crippen LogP contribution in [0.25, 0.3) is 0 Å². The van der Waals surface area contributed by atoms with E-state index in [1.165, 1.54) is 6.92 Å². The van der Waals surface area contributed by atoms with E-state index in [0.29, 0.717) is 12.1 Å². The minimum absolute atomic E-state index is 0.154. The van der Waals surface area contributed by atoms with Gasteiger partial charge in [0.05, 0.1) is 11.3 Å². The Balaban J connectivity index is 2.01. The molecule has 140 valence electrons. The van der Waals surface area contributed by atoms with Gasteiger partial charge in [-0.2, -0.15) is 13.2 Å². The molecule has 0 bridgehead atoms. The summed E-state index contributed by atoms with van der Waals surface area (Å²) in [6, 6.07) is 3.93. The number of rotatable bonds is 5. The lowest BCUT2D eigenvalue weighted by Gasteiger charge is -2.14.